The van der Waals surface area contributed by atoms with Crippen LogP contribution < -0.4 is 10.1 Å². The molecule has 2 aromatic heterocycles. The Morgan fingerprint density at radius 2 is 2.16 bits per heavy atom. The van der Waals surface area contributed by atoms with E-state index in [1.807, 2.05) is 6.92 Å². The minimum Gasteiger partial charge on any atom is -0.486 e. The highest BCUT2D eigenvalue weighted by Gasteiger charge is 2.34. The van der Waals surface area contributed by atoms with Crippen LogP contribution in [0.2, 0.25) is 0 Å². The van der Waals surface area contributed by atoms with Crippen LogP contribution in [0, 0.1) is 6.92 Å². The molecule has 3 heterocycles. The summed E-state index contributed by atoms with van der Waals surface area (Å²) in [6.45, 7) is 3.51. The second-order valence-electron chi connectivity index (χ2n) is 7.57. The number of nitrogens with zero attached hydrogens (tertiary/aromatic N) is 3. The maximum Gasteiger partial charge on any atom is 0.272 e. The Kier molecular flexibility index (Phi) is 7.68. The van der Waals surface area contributed by atoms with Gasteiger partial charge in [-0.15, -0.1) is 0 Å². The van der Waals surface area contributed by atoms with E-state index < -0.39 is 13.0 Å². The van der Waals surface area contributed by atoms with Crippen LogP contribution in [-0.2, 0) is 17.8 Å². The van der Waals surface area contributed by atoms with Gasteiger partial charge in [-0.3, -0.25) is 19.6 Å². The Balaban J connectivity index is 1.73. The second-order valence-corrected chi connectivity index (χ2v) is 7.57. The summed E-state index contributed by atoms with van der Waals surface area (Å²) in [5, 5.41) is 11.5. The van der Waals surface area contributed by atoms with Crippen LogP contribution in [-0.4, -0.2) is 58.0 Å². The number of halogens is 2. The van der Waals surface area contributed by atoms with E-state index >= 15 is 0 Å². The van der Waals surface area contributed by atoms with Crippen molar-refractivity contribution in [2.45, 2.75) is 45.7 Å². The third kappa shape index (κ3) is 5.37. The highest BCUT2D eigenvalue weighted by molar-refractivity contribution is 5.99. The number of carbonyl (C=O) groups excluding carboxylic acids is 2. The van der Waals surface area contributed by atoms with Crippen LogP contribution in [0.5, 0.6) is 5.75 Å². The molecular weight excluding hydrogens is 422 g/mol. The summed E-state index contributed by atoms with van der Waals surface area (Å²) in [5.74, 6) is -0.139. The van der Waals surface area contributed by atoms with E-state index in [1.54, 1.807) is 24.0 Å². The number of aromatic nitrogens is 2. The van der Waals surface area contributed by atoms with Gasteiger partial charge in [0, 0.05) is 37.0 Å². The zero-order chi connectivity index (χ0) is 23.3. The number of hydrogen-bond donors (Lipinski definition) is 2. The first-order valence-electron chi connectivity index (χ1n) is 10.3. The van der Waals surface area contributed by atoms with E-state index in [1.165, 1.54) is 12.4 Å². The van der Waals surface area contributed by atoms with Crippen molar-refractivity contribution >= 4 is 11.8 Å². The van der Waals surface area contributed by atoms with E-state index in [9.17, 15) is 18.4 Å². The summed E-state index contributed by atoms with van der Waals surface area (Å²) in [4.78, 5) is 35.4. The normalized spacial score (nSPS) is 13.9. The van der Waals surface area contributed by atoms with Gasteiger partial charge in [-0.25, -0.2) is 8.78 Å². The number of ether oxygens (including phenoxy) is 1. The average molecular weight is 448 g/mol. The number of aryl methyl sites for hydroxylation is 1. The topological polar surface area (TPSA) is 105 Å². The smallest absolute Gasteiger partial charge is 0.272 e. The molecule has 0 spiro atoms. The van der Waals surface area contributed by atoms with Gasteiger partial charge in [0.2, 0.25) is 5.91 Å². The summed E-state index contributed by atoms with van der Waals surface area (Å²) in [6.07, 6.45) is 0.833. The molecule has 2 N–H and O–H groups in total. The monoisotopic (exact) mass is 448 g/mol. The molecule has 0 radical (unpaired) electrons. The Morgan fingerprint density at radius 1 is 1.38 bits per heavy atom. The molecule has 0 bridgehead atoms. The zero-order valence-corrected chi connectivity index (χ0v) is 18.0. The number of rotatable bonds is 10. The summed E-state index contributed by atoms with van der Waals surface area (Å²) in [6, 6.07) is 2.97. The van der Waals surface area contributed by atoms with Crippen molar-refractivity contribution in [2.24, 2.45) is 0 Å². The predicted molar refractivity (Wildman–Crippen MR) is 111 cm³/mol. The van der Waals surface area contributed by atoms with Crippen molar-refractivity contribution in [3.05, 3.63) is 52.6 Å². The van der Waals surface area contributed by atoms with Gasteiger partial charge < -0.3 is 20.1 Å². The van der Waals surface area contributed by atoms with Crippen molar-refractivity contribution in [3.8, 4) is 5.75 Å². The molecule has 0 aromatic carbocycles. The molecule has 0 saturated carbocycles. The summed E-state index contributed by atoms with van der Waals surface area (Å²) in [7, 11) is 0. The van der Waals surface area contributed by atoms with Crippen molar-refractivity contribution < 1.29 is 28.2 Å². The third-order valence-corrected chi connectivity index (χ3v) is 5.29. The minimum absolute atomic E-state index is 0.00650. The zero-order valence-electron chi connectivity index (χ0n) is 18.0. The molecule has 172 valence electrons. The molecule has 3 rings (SSSR count). The molecule has 0 aliphatic carbocycles. The Bertz CT molecular complexity index is 986. The highest BCUT2D eigenvalue weighted by atomic mass is 19.3. The van der Waals surface area contributed by atoms with Crippen molar-refractivity contribution in [1.82, 2.24) is 20.2 Å². The molecule has 2 aromatic rings. The van der Waals surface area contributed by atoms with Gasteiger partial charge in [-0.1, -0.05) is 0 Å². The summed E-state index contributed by atoms with van der Waals surface area (Å²) in [5.41, 5.74) is 2.98. The first kappa shape index (κ1) is 23.5. The quantitative estimate of drug-likeness (QED) is 0.540. The van der Waals surface area contributed by atoms with E-state index in [-0.39, 0.29) is 43.2 Å². The van der Waals surface area contributed by atoms with Gasteiger partial charge in [0.05, 0.1) is 30.0 Å². The number of nitrogens with one attached hydrogen (secondary N) is 1. The van der Waals surface area contributed by atoms with Gasteiger partial charge in [0.25, 0.3) is 12.3 Å². The molecule has 1 aliphatic heterocycles. The summed E-state index contributed by atoms with van der Waals surface area (Å²) < 4.78 is 29.9. The van der Waals surface area contributed by atoms with E-state index in [2.05, 4.69) is 15.3 Å². The van der Waals surface area contributed by atoms with Crippen LogP contribution >= 0.6 is 0 Å². The molecule has 0 fully saturated rings. The van der Waals surface area contributed by atoms with E-state index in [0.717, 1.165) is 0 Å². The molecule has 1 unspecified atom stereocenters. The molecule has 1 aliphatic rings. The van der Waals surface area contributed by atoms with Gasteiger partial charge in [-0.05, 0) is 38.0 Å². The first-order chi connectivity index (χ1) is 15.3. The van der Waals surface area contributed by atoms with Crippen LogP contribution in [0.4, 0.5) is 8.78 Å². The largest absolute Gasteiger partial charge is 0.486 e. The fourth-order valence-electron chi connectivity index (χ4n) is 3.55. The highest BCUT2D eigenvalue weighted by Crippen LogP contribution is 2.33. The van der Waals surface area contributed by atoms with Gasteiger partial charge in [0.1, 0.15) is 12.4 Å². The van der Waals surface area contributed by atoms with Crippen LogP contribution in [0.25, 0.3) is 0 Å². The fourth-order valence-corrected chi connectivity index (χ4v) is 3.55. The maximum atomic E-state index is 13.0. The Hall–Kier alpha value is -3.14. The SMILES string of the molecule is Cc1cc(C(C)N2Cc3c(ccnc3CC(=O)NCCCO)C2=O)ncc1OCC(F)F. The summed E-state index contributed by atoms with van der Waals surface area (Å²) >= 11 is 0. The molecule has 32 heavy (non-hydrogen) atoms. The lowest BCUT2D eigenvalue weighted by atomic mass is 10.1. The van der Waals surface area contributed by atoms with Crippen LogP contribution in [0.15, 0.2) is 24.5 Å². The van der Waals surface area contributed by atoms with Crippen molar-refractivity contribution in [2.75, 3.05) is 19.8 Å². The number of alkyl halides is 2. The molecular formula is C22H26F2N4O4. The van der Waals surface area contributed by atoms with Gasteiger partial charge in [-0.2, -0.15) is 0 Å². The molecule has 2 amide bonds. The van der Waals surface area contributed by atoms with Crippen LogP contribution in [0.1, 0.15) is 52.3 Å². The standard InChI is InChI=1S/C22H26F2N4O4/c1-13-8-17(27-10-19(13)32-12-20(23)24)14(2)28-11-16-15(22(28)31)4-6-25-18(16)9-21(30)26-5-3-7-29/h4,6,8,10,14,20,29H,3,5,7,9,11-12H2,1-2H3,(H,26,30). The number of aliphatic hydroxyl groups is 1. The molecule has 8 nitrogen and oxygen atoms in total. The number of pyridine rings is 2. The Labute approximate surface area is 184 Å². The lowest BCUT2D eigenvalue weighted by Gasteiger charge is -2.24. The molecule has 10 heteroatoms. The number of aliphatic hydroxyl groups excluding tert-OH is 1. The lowest BCUT2D eigenvalue weighted by molar-refractivity contribution is -0.120. The molecule has 0 saturated heterocycles. The second kappa shape index (κ2) is 10.4. The number of hydrogen-bond acceptors (Lipinski definition) is 6. The lowest BCUT2D eigenvalue weighted by Crippen LogP contribution is -2.28. The van der Waals surface area contributed by atoms with E-state index in [4.69, 9.17) is 9.84 Å². The minimum atomic E-state index is -2.58. The predicted octanol–water partition coefficient (Wildman–Crippen LogP) is 2.19. The number of amides is 2. The Morgan fingerprint density at radius 3 is 2.84 bits per heavy atom. The van der Waals surface area contributed by atoms with Crippen LogP contribution in [0.3, 0.4) is 0 Å². The maximum absolute atomic E-state index is 13.0. The average Bonchev–Trinajstić information content (AvgIpc) is 3.10. The van der Waals surface area contributed by atoms with Gasteiger partial charge >= 0.3 is 0 Å². The van der Waals surface area contributed by atoms with Crippen molar-refractivity contribution in [3.63, 3.8) is 0 Å². The third-order valence-electron chi connectivity index (χ3n) is 5.29. The number of carbonyl (C=O) groups is 2. The fraction of sp³-hybridized carbons (Fsp3) is 0.455. The van der Waals surface area contributed by atoms with Gasteiger partial charge in [0.15, 0.2) is 0 Å². The first-order valence-corrected chi connectivity index (χ1v) is 10.3. The van der Waals surface area contributed by atoms with Crippen molar-refractivity contribution in [1.29, 1.82) is 0 Å². The van der Waals surface area contributed by atoms with E-state index in [0.29, 0.717) is 41.0 Å². The molecule has 1 atom stereocenters. The number of fused-ring (bicyclic) bond motifs is 1.